The maximum atomic E-state index is 12.4. The van der Waals surface area contributed by atoms with Crippen LogP contribution in [0.1, 0.15) is 10.4 Å². The van der Waals surface area contributed by atoms with Crippen molar-refractivity contribution >= 4 is 45.0 Å². The highest BCUT2D eigenvalue weighted by molar-refractivity contribution is 8.00. The highest BCUT2D eigenvalue weighted by atomic mass is 32.2. The Bertz CT molecular complexity index is 1210. The number of ether oxygens (including phenoxy) is 1. The molecule has 0 spiro atoms. The van der Waals surface area contributed by atoms with E-state index in [0.717, 1.165) is 4.90 Å². The van der Waals surface area contributed by atoms with Crippen molar-refractivity contribution in [2.45, 2.75) is 9.79 Å². The van der Waals surface area contributed by atoms with Crippen molar-refractivity contribution in [2.24, 2.45) is 5.14 Å². The summed E-state index contributed by atoms with van der Waals surface area (Å²) in [7, 11) is -2.22. The van der Waals surface area contributed by atoms with Crippen molar-refractivity contribution in [3.63, 3.8) is 0 Å². The SMILES string of the molecule is COc1ccc(C(=O)Nc2cccc(SCC(=O)Nc3ccc(S(N)(=O)=O)cc3)c2)cc1. The molecule has 0 saturated carbocycles. The number of anilines is 2. The summed E-state index contributed by atoms with van der Waals surface area (Å²) in [5, 5.41) is 10.6. The zero-order chi connectivity index (χ0) is 23.1. The van der Waals surface area contributed by atoms with Crippen LogP contribution in [0.25, 0.3) is 0 Å². The van der Waals surface area contributed by atoms with E-state index in [1.807, 2.05) is 6.07 Å². The van der Waals surface area contributed by atoms with Crippen LogP contribution < -0.4 is 20.5 Å². The molecule has 0 saturated heterocycles. The number of nitrogens with two attached hydrogens (primary N) is 1. The Morgan fingerprint density at radius 2 is 1.62 bits per heavy atom. The van der Waals surface area contributed by atoms with Gasteiger partial charge in [0.05, 0.1) is 17.8 Å². The van der Waals surface area contributed by atoms with E-state index in [9.17, 15) is 18.0 Å². The highest BCUT2D eigenvalue weighted by Crippen LogP contribution is 2.23. The molecule has 32 heavy (non-hydrogen) atoms. The minimum Gasteiger partial charge on any atom is -0.497 e. The van der Waals surface area contributed by atoms with Crippen molar-refractivity contribution < 1.29 is 22.7 Å². The number of hydrogen-bond donors (Lipinski definition) is 3. The number of hydrogen-bond acceptors (Lipinski definition) is 6. The van der Waals surface area contributed by atoms with Crippen molar-refractivity contribution in [1.29, 1.82) is 0 Å². The molecule has 0 aliphatic heterocycles. The molecule has 0 bridgehead atoms. The summed E-state index contributed by atoms with van der Waals surface area (Å²) in [6.07, 6.45) is 0. The minimum absolute atomic E-state index is 0.0293. The van der Waals surface area contributed by atoms with Crippen molar-refractivity contribution in [2.75, 3.05) is 23.5 Å². The lowest BCUT2D eigenvalue weighted by Crippen LogP contribution is -2.15. The topological polar surface area (TPSA) is 128 Å². The van der Waals surface area contributed by atoms with Gasteiger partial charge in [0.15, 0.2) is 0 Å². The quantitative estimate of drug-likeness (QED) is 0.433. The number of amides is 2. The lowest BCUT2D eigenvalue weighted by molar-refractivity contribution is -0.113. The van der Waals surface area contributed by atoms with Crippen LogP contribution in [0.3, 0.4) is 0 Å². The second-order valence-electron chi connectivity index (χ2n) is 6.62. The Morgan fingerprint density at radius 3 is 2.25 bits per heavy atom. The molecule has 3 rings (SSSR count). The number of nitrogens with one attached hydrogen (secondary N) is 2. The smallest absolute Gasteiger partial charge is 0.255 e. The van der Waals surface area contributed by atoms with Gasteiger partial charge < -0.3 is 15.4 Å². The first kappa shape index (κ1) is 23.3. The number of methoxy groups -OCH3 is 1. The Hall–Kier alpha value is -3.34. The zero-order valence-corrected chi connectivity index (χ0v) is 18.7. The molecule has 10 heteroatoms. The Balaban J connectivity index is 1.55. The summed E-state index contributed by atoms with van der Waals surface area (Å²) in [5.74, 6) is 0.285. The summed E-state index contributed by atoms with van der Waals surface area (Å²) >= 11 is 1.30. The van der Waals surface area contributed by atoms with Crippen LogP contribution in [0.2, 0.25) is 0 Å². The van der Waals surface area contributed by atoms with E-state index in [2.05, 4.69) is 10.6 Å². The number of primary sulfonamides is 1. The molecule has 0 aromatic heterocycles. The van der Waals surface area contributed by atoms with Crippen molar-refractivity contribution in [1.82, 2.24) is 0 Å². The third-order valence-electron chi connectivity index (χ3n) is 4.28. The largest absolute Gasteiger partial charge is 0.497 e. The average molecular weight is 472 g/mol. The van der Waals surface area contributed by atoms with E-state index in [4.69, 9.17) is 9.88 Å². The molecule has 0 unspecified atom stereocenters. The Kier molecular flexibility index (Phi) is 7.52. The predicted molar refractivity (Wildman–Crippen MR) is 125 cm³/mol. The fraction of sp³-hybridized carbons (Fsp3) is 0.0909. The van der Waals surface area contributed by atoms with E-state index >= 15 is 0 Å². The molecule has 0 aliphatic rings. The molecular weight excluding hydrogens is 450 g/mol. The Labute approximate surface area is 190 Å². The molecular formula is C22H21N3O5S2. The van der Waals surface area contributed by atoms with E-state index in [0.29, 0.717) is 22.7 Å². The summed E-state index contributed by atoms with van der Waals surface area (Å²) in [6, 6.07) is 19.5. The molecule has 0 fully saturated rings. The fourth-order valence-electron chi connectivity index (χ4n) is 2.68. The van der Waals surface area contributed by atoms with Gasteiger partial charge in [-0.2, -0.15) is 0 Å². The maximum absolute atomic E-state index is 12.4. The molecule has 166 valence electrons. The lowest BCUT2D eigenvalue weighted by atomic mass is 10.2. The number of rotatable bonds is 8. The number of sulfonamides is 1. The number of carbonyl (C=O) groups excluding carboxylic acids is 2. The number of thioether (sulfide) groups is 1. The minimum atomic E-state index is -3.78. The van der Waals surface area contributed by atoms with Crippen molar-refractivity contribution in [3.05, 3.63) is 78.4 Å². The van der Waals surface area contributed by atoms with Crippen LogP contribution in [0.4, 0.5) is 11.4 Å². The molecule has 4 N–H and O–H groups in total. The van der Waals surface area contributed by atoms with Crippen LogP contribution in [0.15, 0.2) is 82.6 Å². The Morgan fingerprint density at radius 1 is 0.938 bits per heavy atom. The van der Waals surface area contributed by atoms with Crippen molar-refractivity contribution in [3.8, 4) is 5.75 Å². The standard InChI is InChI=1S/C22H21N3O5S2/c1-30-18-9-5-15(6-10-18)22(27)25-17-3-2-4-19(13-17)31-14-21(26)24-16-7-11-20(12-8-16)32(23,28)29/h2-13H,14H2,1H3,(H,24,26)(H,25,27)(H2,23,28,29). The van der Waals surface area contributed by atoms with Crippen LogP contribution in [-0.2, 0) is 14.8 Å². The van der Waals surface area contributed by atoms with Gasteiger partial charge in [-0.15, -0.1) is 11.8 Å². The average Bonchev–Trinajstić information content (AvgIpc) is 2.78. The summed E-state index contributed by atoms with van der Waals surface area (Å²) < 4.78 is 27.7. The molecule has 0 atom stereocenters. The molecule has 3 aromatic carbocycles. The van der Waals surface area contributed by atoms with Crippen LogP contribution in [-0.4, -0.2) is 33.1 Å². The third kappa shape index (κ3) is 6.58. The lowest BCUT2D eigenvalue weighted by Gasteiger charge is -2.09. The summed E-state index contributed by atoms with van der Waals surface area (Å²) in [6.45, 7) is 0. The molecule has 3 aromatic rings. The van der Waals surface area contributed by atoms with Gasteiger partial charge in [0, 0.05) is 21.8 Å². The summed E-state index contributed by atoms with van der Waals surface area (Å²) in [5.41, 5.74) is 1.56. The van der Waals surface area contributed by atoms with Crippen LogP contribution in [0.5, 0.6) is 5.75 Å². The second kappa shape index (κ2) is 10.3. The molecule has 0 aliphatic carbocycles. The van der Waals surface area contributed by atoms with Crippen LogP contribution >= 0.6 is 11.8 Å². The molecule has 0 radical (unpaired) electrons. The second-order valence-corrected chi connectivity index (χ2v) is 9.23. The van der Waals surface area contributed by atoms with Gasteiger partial charge in [0.25, 0.3) is 5.91 Å². The zero-order valence-electron chi connectivity index (χ0n) is 17.1. The van der Waals surface area contributed by atoms with Crippen LogP contribution in [0, 0.1) is 0 Å². The van der Waals surface area contributed by atoms with Gasteiger partial charge >= 0.3 is 0 Å². The van der Waals surface area contributed by atoms with Gasteiger partial charge in [-0.3, -0.25) is 9.59 Å². The van der Waals surface area contributed by atoms with Gasteiger partial charge in [0.1, 0.15) is 5.75 Å². The maximum Gasteiger partial charge on any atom is 0.255 e. The van der Waals surface area contributed by atoms with E-state index in [1.165, 1.54) is 36.0 Å². The first-order valence-electron chi connectivity index (χ1n) is 9.35. The molecule has 8 nitrogen and oxygen atoms in total. The molecule has 2 amide bonds. The summed E-state index contributed by atoms with van der Waals surface area (Å²) in [4.78, 5) is 25.4. The first-order valence-corrected chi connectivity index (χ1v) is 11.9. The van der Waals surface area contributed by atoms with Gasteiger partial charge in [-0.1, -0.05) is 6.07 Å². The van der Waals surface area contributed by atoms with E-state index < -0.39 is 10.0 Å². The fourth-order valence-corrected chi connectivity index (χ4v) is 3.95. The number of benzene rings is 3. The van der Waals surface area contributed by atoms with Gasteiger partial charge in [0.2, 0.25) is 15.9 Å². The highest BCUT2D eigenvalue weighted by Gasteiger charge is 2.10. The number of carbonyl (C=O) groups is 2. The third-order valence-corrected chi connectivity index (χ3v) is 6.20. The van der Waals surface area contributed by atoms with Gasteiger partial charge in [-0.25, -0.2) is 13.6 Å². The van der Waals surface area contributed by atoms with E-state index in [-0.39, 0.29) is 22.5 Å². The predicted octanol–water partition coefficient (Wildman–Crippen LogP) is 3.33. The first-order chi connectivity index (χ1) is 15.2. The molecule has 0 heterocycles. The van der Waals surface area contributed by atoms with E-state index in [1.54, 1.807) is 49.6 Å². The monoisotopic (exact) mass is 471 g/mol. The van der Waals surface area contributed by atoms with Gasteiger partial charge in [-0.05, 0) is 66.7 Å². The normalized spacial score (nSPS) is 10.9.